The van der Waals surface area contributed by atoms with Crippen LogP contribution < -0.4 is 0 Å². The first-order valence-corrected chi connectivity index (χ1v) is 6.51. The molecule has 0 amide bonds. The van der Waals surface area contributed by atoms with Crippen LogP contribution in [0.5, 0.6) is 0 Å². The van der Waals surface area contributed by atoms with Gasteiger partial charge in [-0.05, 0) is 30.2 Å². The largest absolute Gasteiger partial charge is 0.478 e. The van der Waals surface area contributed by atoms with Crippen LogP contribution in [0.1, 0.15) is 28.4 Å². The molecule has 1 aromatic rings. The summed E-state index contributed by atoms with van der Waals surface area (Å²) in [5.41, 5.74) is -2.39. The molecule has 0 atom stereocenters. The number of allylic oxidation sites excluding steroid dienone is 1. The molecule has 1 aliphatic heterocycles. The van der Waals surface area contributed by atoms with Gasteiger partial charge in [0.05, 0.1) is 16.0 Å². The molecule has 0 aromatic heterocycles. The van der Waals surface area contributed by atoms with E-state index in [0.717, 1.165) is 5.41 Å². The SMILES string of the molecule is CC1=CS(=O)(=O)c2cc(C(=O)O)c(C(F)(F)F)cc21. The number of hydrogen-bond donors (Lipinski definition) is 1. The molecule has 0 saturated heterocycles. The Kier molecular flexibility index (Phi) is 2.74. The molecule has 19 heavy (non-hydrogen) atoms. The van der Waals surface area contributed by atoms with Crippen LogP contribution in [-0.2, 0) is 16.0 Å². The fourth-order valence-corrected chi connectivity index (χ4v) is 3.42. The molecule has 0 aliphatic carbocycles. The van der Waals surface area contributed by atoms with Gasteiger partial charge in [-0.25, -0.2) is 13.2 Å². The van der Waals surface area contributed by atoms with Crippen LogP contribution in [0.2, 0.25) is 0 Å². The molecule has 8 heteroatoms. The van der Waals surface area contributed by atoms with Gasteiger partial charge in [0, 0.05) is 5.41 Å². The minimum absolute atomic E-state index is 0.114. The zero-order valence-corrected chi connectivity index (χ0v) is 10.3. The average molecular weight is 292 g/mol. The highest BCUT2D eigenvalue weighted by Crippen LogP contribution is 2.40. The van der Waals surface area contributed by atoms with Gasteiger partial charge in [-0.3, -0.25) is 0 Å². The molecule has 1 heterocycles. The maximum atomic E-state index is 12.8. The number of benzene rings is 1. The summed E-state index contributed by atoms with van der Waals surface area (Å²) in [6.07, 6.45) is -4.87. The van der Waals surface area contributed by atoms with Gasteiger partial charge >= 0.3 is 12.1 Å². The number of carboxylic acid groups (broad SMARTS) is 1. The van der Waals surface area contributed by atoms with Gasteiger partial charge < -0.3 is 5.11 Å². The van der Waals surface area contributed by atoms with Crippen LogP contribution in [-0.4, -0.2) is 19.5 Å². The summed E-state index contributed by atoms with van der Waals surface area (Å²) in [6, 6.07) is 1.12. The first-order chi connectivity index (χ1) is 8.54. The third kappa shape index (κ3) is 2.12. The number of halogens is 3. The van der Waals surface area contributed by atoms with E-state index >= 15 is 0 Å². The fraction of sp³-hybridized carbons (Fsp3) is 0.182. The maximum absolute atomic E-state index is 12.8. The first-order valence-electron chi connectivity index (χ1n) is 4.96. The lowest BCUT2D eigenvalue weighted by Crippen LogP contribution is -2.14. The van der Waals surface area contributed by atoms with E-state index in [-0.39, 0.29) is 11.1 Å². The second-order valence-corrected chi connectivity index (χ2v) is 5.81. The molecule has 0 spiro atoms. The van der Waals surface area contributed by atoms with Crippen molar-refractivity contribution in [3.8, 4) is 0 Å². The molecular formula is C11H7F3O4S. The highest BCUT2D eigenvalue weighted by atomic mass is 32.2. The Morgan fingerprint density at radius 2 is 1.84 bits per heavy atom. The van der Waals surface area contributed by atoms with E-state index in [4.69, 9.17) is 5.11 Å². The van der Waals surface area contributed by atoms with Gasteiger partial charge in [-0.1, -0.05) is 0 Å². The van der Waals surface area contributed by atoms with Crippen LogP contribution >= 0.6 is 0 Å². The number of carbonyl (C=O) groups is 1. The van der Waals surface area contributed by atoms with E-state index in [0.29, 0.717) is 12.1 Å². The van der Waals surface area contributed by atoms with Crippen LogP contribution in [0.4, 0.5) is 13.2 Å². The molecule has 0 saturated carbocycles. The molecule has 1 N–H and O–H groups in total. The quantitative estimate of drug-likeness (QED) is 0.863. The molecule has 0 bridgehead atoms. The number of sulfone groups is 1. The molecule has 4 nitrogen and oxygen atoms in total. The number of alkyl halides is 3. The summed E-state index contributed by atoms with van der Waals surface area (Å²) in [7, 11) is -3.87. The zero-order chi connectivity index (χ0) is 14.6. The summed E-state index contributed by atoms with van der Waals surface area (Å²) in [6.45, 7) is 1.35. The van der Waals surface area contributed by atoms with Crippen molar-refractivity contribution in [3.63, 3.8) is 0 Å². The number of rotatable bonds is 1. The second kappa shape index (κ2) is 3.83. The predicted molar refractivity (Wildman–Crippen MR) is 59.2 cm³/mol. The smallest absolute Gasteiger partial charge is 0.417 e. The summed E-state index contributed by atoms with van der Waals surface area (Å²) < 4.78 is 61.6. The van der Waals surface area contributed by atoms with E-state index in [1.165, 1.54) is 6.92 Å². The normalized spacial score (nSPS) is 16.9. The molecule has 0 radical (unpaired) electrons. The van der Waals surface area contributed by atoms with Crippen LogP contribution in [0.25, 0.3) is 5.57 Å². The van der Waals surface area contributed by atoms with Crippen molar-refractivity contribution in [2.75, 3.05) is 0 Å². The Balaban J connectivity index is 2.85. The highest BCUT2D eigenvalue weighted by molar-refractivity contribution is 7.95. The summed E-state index contributed by atoms with van der Waals surface area (Å²) in [5, 5.41) is 9.61. The van der Waals surface area contributed by atoms with Gasteiger partial charge in [0.2, 0.25) is 9.84 Å². The van der Waals surface area contributed by atoms with Gasteiger partial charge in [0.25, 0.3) is 0 Å². The Labute approximate surface area is 106 Å². The average Bonchev–Trinajstić information content (AvgIpc) is 2.46. The molecule has 0 fully saturated rings. The van der Waals surface area contributed by atoms with Gasteiger partial charge in [0.1, 0.15) is 0 Å². The standard InChI is InChI=1S/C11H7F3O4S/c1-5-4-19(17,18)9-3-7(10(15)16)8(2-6(5)9)11(12,13)14/h2-4H,1H3,(H,15,16). The number of carboxylic acids is 1. The van der Waals surface area contributed by atoms with Crippen molar-refractivity contribution in [1.82, 2.24) is 0 Å². The highest BCUT2D eigenvalue weighted by Gasteiger charge is 2.38. The molecular weight excluding hydrogens is 285 g/mol. The fourth-order valence-electron chi connectivity index (χ4n) is 1.89. The third-order valence-corrected chi connectivity index (χ3v) is 4.33. The molecule has 102 valence electrons. The molecule has 1 aliphatic rings. The Morgan fingerprint density at radius 1 is 1.26 bits per heavy atom. The minimum atomic E-state index is -4.87. The Bertz CT molecular complexity index is 714. The summed E-state index contributed by atoms with van der Waals surface area (Å²) >= 11 is 0. The summed E-state index contributed by atoms with van der Waals surface area (Å²) in [4.78, 5) is 10.4. The van der Waals surface area contributed by atoms with Crippen molar-refractivity contribution in [2.24, 2.45) is 0 Å². The maximum Gasteiger partial charge on any atom is 0.417 e. The van der Waals surface area contributed by atoms with Crippen molar-refractivity contribution in [2.45, 2.75) is 18.0 Å². The van der Waals surface area contributed by atoms with Gasteiger partial charge in [-0.15, -0.1) is 0 Å². The summed E-state index contributed by atoms with van der Waals surface area (Å²) in [5.74, 6) is -1.82. The molecule has 0 unspecified atom stereocenters. The van der Waals surface area contributed by atoms with Crippen LogP contribution in [0.15, 0.2) is 22.4 Å². The number of fused-ring (bicyclic) bond motifs is 1. The van der Waals surface area contributed by atoms with E-state index in [2.05, 4.69) is 0 Å². The number of hydrogen-bond acceptors (Lipinski definition) is 3. The van der Waals surface area contributed by atoms with E-state index in [9.17, 15) is 26.4 Å². The topological polar surface area (TPSA) is 71.4 Å². The van der Waals surface area contributed by atoms with E-state index in [1.54, 1.807) is 0 Å². The Morgan fingerprint density at radius 3 is 2.32 bits per heavy atom. The van der Waals surface area contributed by atoms with Gasteiger partial charge in [0.15, 0.2) is 0 Å². The van der Waals surface area contributed by atoms with Crippen molar-refractivity contribution >= 4 is 21.4 Å². The lowest BCUT2D eigenvalue weighted by atomic mass is 10.00. The third-order valence-electron chi connectivity index (χ3n) is 2.72. The zero-order valence-electron chi connectivity index (χ0n) is 9.45. The first kappa shape index (κ1) is 13.6. The van der Waals surface area contributed by atoms with Crippen molar-refractivity contribution < 1.29 is 31.5 Å². The van der Waals surface area contributed by atoms with Crippen molar-refractivity contribution in [3.05, 3.63) is 34.2 Å². The lowest BCUT2D eigenvalue weighted by molar-refractivity contribution is -0.138. The van der Waals surface area contributed by atoms with E-state index < -0.39 is 38.0 Å². The molecule has 2 rings (SSSR count). The monoisotopic (exact) mass is 292 g/mol. The predicted octanol–water partition coefficient (Wildman–Crippen LogP) is 2.55. The van der Waals surface area contributed by atoms with E-state index in [1.807, 2.05) is 0 Å². The Hall–Kier alpha value is -1.83. The van der Waals surface area contributed by atoms with Gasteiger partial charge in [-0.2, -0.15) is 13.2 Å². The van der Waals surface area contributed by atoms with Crippen molar-refractivity contribution in [1.29, 1.82) is 0 Å². The van der Waals surface area contributed by atoms with Crippen LogP contribution in [0, 0.1) is 0 Å². The lowest BCUT2D eigenvalue weighted by Gasteiger charge is -2.12. The molecule has 1 aromatic carbocycles. The van der Waals surface area contributed by atoms with Crippen LogP contribution in [0.3, 0.4) is 0 Å². The number of aromatic carboxylic acids is 1. The second-order valence-electron chi connectivity index (χ2n) is 4.04. The minimum Gasteiger partial charge on any atom is -0.478 e.